The van der Waals surface area contributed by atoms with Crippen LogP contribution in [0, 0.1) is 22.7 Å². The van der Waals surface area contributed by atoms with E-state index in [-0.39, 0.29) is 11.6 Å². The maximum Gasteiger partial charge on any atom is 0.0991 e. The van der Waals surface area contributed by atoms with Crippen molar-refractivity contribution in [2.45, 2.75) is 31.8 Å². The van der Waals surface area contributed by atoms with Crippen molar-refractivity contribution in [3.63, 3.8) is 0 Å². The Balaban J connectivity index is 2.23. The Labute approximate surface area is 120 Å². The summed E-state index contributed by atoms with van der Waals surface area (Å²) in [6.07, 6.45) is 0.534. The van der Waals surface area contributed by atoms with Crippen LogP contribution in [0.1, 0.15) is 25.8 Å². The Kier molecular flexibility index (Phi) is 3.97. The fraction of sp³-hybridized carbons (Fsp3) is 0.500. The van der Waals surface area contributed by atoms with E-state index in [1.807, 2.05) is 24.3 Å². The predicted molar refractivity (Wildman–Crippen MR) is 79.2 cm³/mol. The van der Waals surface area contributed by atoms with Gasteiger partial charge in [-0.15, -0.1) is 0 Å². The van der Waals surface area contributed by atoms with Gasteiger partial charge in [0, 0.05) is 30.4 Å². The molecule has 0 bridgehead atoms. The lowest BCUT2D eigenvalue weighted by Gasteiger charge is -2.50. The van der Waals surface area contributed by atoms with E-state index in [1.54, 1.807) is 0 Å². The summed E-state index contributed by atoms with van der Waals surface area (Å²) in [5.74, 6) is 0. The molecule has 20 heavy (non-hydrogen) atoms. The monoisotopic (exact) mass is 268 g/mol. The zero-order valence-corrected chi connectivity index (χ0v) is 12.3. The van der Waals surface area contributed by atoms with Crippen molar-refractivity contribution in [1.82, 2.24) is 4.90 Å². The molecule has 1 aliphatic rings. The van der Waals surface area contributed by atoms with Crippen molar-refractivity contribution in [3.05, 3.63) is 29.8 Å². The van der Waals surface area contributed by atoms with Crippen LogP contribution in [-0.2, 0) is 0 Å². The minimum absolute atomic E-state index is 0.0215. The largest absolute Gasteiger partial charge is 0.368 e. The van der Waals surface area contributed by atoms with Crippen LogP contribution in [0.2, 0.25) is 0 Å². The summed E-state index contributed by atoms with van der Waals surface area (Å²) >= 11 is 0. The van der Waals surface area contributed by atoms with Gasteiger partial charge in [0.2, 0.25) is 0 Å². The second-order valence-electron chi connectivity index (χ2n) is 5.98. The lowest BCUT2D eigenvalue weighted by molar-refractivity contribution is 0.0826. The van der Waals surface area contributed by atoms with Gasteiger partial charge in [-0.2, -0.15) is 10.5 Å². The fourth-order valence-electron chi connectivity index (χ4n) is 2.76. The van der Waals surface area contributed by atoms with Gasteiger partial charge in [-0.3, -0.25) is 4.90 Å². The smallest absolute Gasteiger partial charge is 0.0991 e. The van der Waals surface area contributed by atoms with Gasteiger partial charge in [-0.05, 0) is 45.2 Å². The molecule has 4 nitrogen and oxygen atoms in total. The van der Waals surface area contributed by atoms with E-state index in [0.717, 1.165) is 18.8 Å². The molecular formula is C16H20N4. The van der Waals surface area contributed by atoms with Crippen molar-refractivity contribution in [2.24, 2.45) is 0 Å². The van der Waals surface area contributed by atoms with E-state index in [2.05, 4.69) is 42.8 Å². The summed E-state index contributed by atoms with van der Waals surface area (Å²) in [7, 11) is 2.10. The second-order valence-corrected chi connectivity index (χ2v) is 5.98. The summed E-state index contributed by atoms with van der Waals surface area (Å²) in [5.41, 5.74) is 1.82. The van der Waals surface area contributed by atoms with Crippen LogP contribution in [0.25, 0.3) is 0 Å². The van der Waals surface area contributed by atoms with Crippen LogP contribution < -0.4 is 4.90 Å². The molecular weight excluding hydrogens is 248 g/mol. The van der Waals surface area contributed by atoms with Crippen molar-refractivity contribution >= 4 is 5.69 Å². The van der Waals surface area contributed by atoms with Gasteiger partial charge in [0.1, 0.15) is 0 Å². The Hall–Kier alpha value is -2.04. The normalized spacial score (nSPS) is 22.1. The van der Waals surface area contributed by atoms with Gasteiger partial charge >= 0.3 is 0 Å². The van der Waals surface area contributed by atoms with Crippen molar-refractivity contribution in [1.29, 1.82) is 10.5 Å². The van der Waals surface area contributed by atoms with Crippen LogP contribution >= 0.6 is 0 Å². The summed E-state index contributed by atoms with van der Waals surface area (Å²) in [5, 5.41) is 17.9. The summed E-state index contributed by atoms with van der Waals surface area (Å²) in [6.45, 7) is 6.16. The molecule has 1 fully saturated rings. The quantitative estimate of drug-likeness (QED) is 0.826. The zero-order valence-electron chi connectivity index (χ0n) is 12.3. The summed E-state index contributed by atoms with van der Waals surface area (Å²) in [6, 6.07) is 12.3. The maximum absolute atomic E-state index is 9.00. The van der Waals surface area contributed by atoms with Crippen molar-refractivity contribution in [2.75, 3.05) is 25.0 Å². The summed E-state index contributed by atoms with van der Waals surface area (Å²) < 4.78 is 0. The average molecular weight is 268 g/mol. The van der Waals surface area contributed by atoms with Gasteiger partial charge in [-0.1, -0.05) is 0 Å². The SMILES string of the molecule is CN1C(CC#N)CN(c2ccc(C#N)cc2)CC1(C)C. The van der Waals surface area contributed by atoms with Gasteiger partial charge in [0.25, 0.3) is 0 Å². The molecule has 0 amide bonds. The first-order valence-corrected chi connectivity index (χ1v) is 6.83. The molecule has 1 heterocycles. The highest BCUT2D eigenvalue weighted by Gasteiger charge is 2.37. The van der Waals surface area contributed by atoms with Crippen LogP contribution in [0.3, 0.4) is 0 Å². The molecule has 1 aromatic rings. The molecule has 0 aliphatic carbocycles. The highest BCUT2D eigenvalue weighted by molar-refractivity contribution is 5.50. The lowest BCUT2D eigenvalue weighted by atomic mass is 9.94. The Morgan fingerprint density at radius 1 is 1.25 bits per heavy atom. The zero-order chi connectivity index (χ0) is 14.8. The molecule has 4 heteroatoms. The third-order valence-corrected chi connectivity index (χ3v) is 4.20. The topological polar surface area (TPSA) is 54.1 Å². The fourth-order valence-corrected chi connectivity index (χ4v) is 2.76. The minimum Gasteiger partial charge on any atom is -0.368 e. The second kappa shape index (κ2) is 5.53. The number of nitrogens with zero attached hydrogens (tertiary/aromatic N) is 4. The first kappa shape index (κ1) is 14.4. The van der Waals surface area contributed by atoms with E-state index < -0.39 is 0 Å². The number of hydrogen-bond donors (Lipinski definition) is 0. The van der Waals surface area contributed by atoms with Crippen molar-refractivity contribution < 1.29 is 0 Å². The molecule has 1 aliphatic heterocycles. The average Bonchev–Trinajstić information content (AvgIpc) is 2.44. The third-order valence-electron chi connectivity index (χ3n) is 4.20. The maximum atomic E-state index is 9.00. The van der Waals surface area contributed by atoms with E-state index >= 15 is 0 Å². The van der Waals surface area contributed by atoms with E-state index in [0.29, 0.717) is 12.0 Å². The molecule has 1 unspecified atom stereocenters. The Morgan fingerprint density at radius 3 is 2.45 bits per heavy atom. The molecule has 1 atom stereocenters. The van der Waals surface area contributed by atoms with Gasteiger partial charge < -0.3 is 4.90 Å². The third kappa shape index (κ3) is 2.76. The van der Waals surface area contributed by atoms with E-state index in [1.165, 1.54) is 0 Å². The van der Waals surface area contributed by atoms with Crippen LogP contribution in [0.4, 0.5) is 5.69 Å². The van der Waals surface area contributed by atoms with Gasteiger partial charge in [-0.25, -0.2) is 0 Å². The van der Waals surface area contributed by atoms with E-state index in [9.17, 15) is 0 Å². The molecule has 0 saturated carbocycles. The Bertz CT molecular complexity index is 547. The molecule has 1 saturated heterocycles. The van der Waals surface area contributed by atoms with Crippen LogP contribution in [0.5, 0.6) is 0 Å². The Morgan fingerprint density at radius 2 is 1.90 bits per heavy atom. The van der Waals surface area contributed by atoms with Crippen LogP contribution in [0.15, 0.2) is 24.3 Å². The number of rotatable bonds is 2. The van der Waals surface area contributed by atoms with Crippen molar-refractivity contribution in [3.8, 4) is 12.1 Å². The van der Waals surface area contributed by atoms with Gasteiger partial charge in [0.15, 0.2) is 0 Å². The van der Waals surface area contributed by atoms with Crippen LogP contribution in [-0.4, -0.2) is 36.6 Å². The predicted octanol–water partition coefficient (Wildman–Crippen LogP) is 2.37. The number of likely N-dealkylation sites (N-methyl/N-ethyl adjacent to an activating group) is 1. The first-order chi connectivity index (χ1) is 9.47. The molecule has 0 N–H and O–H groups in total. The first-order valence-electron chi connectivity index (χ1n) is 6.83. The lowest BCUT2D eigenvalue weighted by Crippen LogP contribution is -2.62. The molecule has 0 spiro atoms. The molecule has 0 radical (unpaired) electrons. The molecule has 104 valence electrons. The van der Waals surface area contributed by atoms with E-state index in [4.69, 9.17) is 10.5 Å². The standard InChI is InChI=1S/C16H20N4/c1-16(2)12-20(11-15(8-9-17)19(16)3)14-6-4-13(10-18)5-7-14/h4-7,15H,8,11-12H2,1-3H3. The summed E-state index contributed by atoms with van der Waals surface area (Å²) in [4.78, 5) is 4.61. The highest BCUT2D eigenvalue weighted by atomic mass is 15.3. The number of nitriles is 2. The molecule has 2 rings (SSSR count). The molecule has 1 aromatic carbocycles. The minimum atomic E-state index is 0.0215. The van der Waals surface area contributed by atoms with Gasteiger partial charge in [0.05, 0.1) is 24.1 Å². The number of anilines is 1. The molecule has 0 aromatic heterocycles. The highest BCUT2D eigenvalue weighted by Crippen LogP contribution is 2.28. The number of hydrogen-bond acceptors (Lipinski definition) is 4. The number of piperazine rings is 1. The number of benzene rings is 1.